The molecule has 2 amide bonds. The molecule has 0 aromatic carbocycles. The maximum Gasteiger partial charge on any atom is 0.224 e. The van der Waals surface area contributed by atoms with Crippen molar-refractivity contribution in [2.45, 2.75) is 70.4 Å². The molecule has 3 fully saturated rings. The fourth-order valence-electron chi connectivity index (χ4n) is 5.44. The summed E-state index contributed by atoms with van der Waals surface area (Å²) in [6.07, 6.45) is 7.29. The topological polar surface area (TPSA) is 129 Å². The second kappa shape index (κ2) is 10.7. The third kappa shape index (κ3) is 4.93. The quantitative estimate of drug-likeness (QED) is 0.347. The van der Waals surface area contributed by atoms with Gasteiger partial charge in [0.2, 0.25) is 11.8 Å². The van der Waals surface area contributed by atoms with E-state index in [2.05, 4.69) is 17.6 Å². The molecule has 6 N–H and O–H groups in total. The van der Waals surface area contributed by atoms with Gasteiger partial charge in [-0.25, -0.2) is 0 Å². The maximum atomic E-state index is 12.9. The van der Waals surface area contributed by atoms with Gasteiger partial charge in [-0.1, -0.05) is 32.6 Å². The van der Waals surface area contributed by atoms with Crippen molar-refractivity contribution in [2.75, 3.05) is 26.2 Å². The predicted octanol–water partition coefficient (Wildman–Crippen LogP) is 0.489. The summed E-state index contributed by atoms with van der Waals surface area (Å²) in [5.74, 6) is -0.945. The van der Waals surface area contributed by atoms with Crippen LogP contribution in [0.5, 0.6) is 0 Å². The Kier molecular flexibility index (Phi) is 8.29. The molecule has 6 atom stereocenters. The number of unbranched alkanes of at least 4 members (excludes halogenated alkanes) is 4. The van der Waals surface area contributed by atoms with Gasteiger partial charge in [0.25, 0.3) is 0 Å². The molecule has 1 aliphatic heterocycles. The van der Waals surface area contributed by atoms with Gasteiger partial charge in [-0.3, -0.25) is 9.59 Å². The predicted molar refractivity (Wildman–Crippen MR) is 110 cm³/mol. The number of hydrogen-bond donors (Lipinski definition) is 4. The second-order valence-electron chi connectivity index (χ2n) is 8.61. The van der Waals surface area contributed by atoms with E-state index in [1.807, 2.05) is 0 Å². The number of fused-ring (bicyclic) bond motifs is 5. The van der Waals surface area contributed by atoms with Gasteiger partial charge in [0, 0.05) is 38.0 Å². The molecule has 6 unspecified atom stereocenters. The van der Waals surface area contributed by atoms with E-state index in [1.54, 1.807) is 0 Å². The molecule has 0 radical (unpaired) electrons. The van der Waals surface area contributed by atoms with Gasteiger partial charge in [0.15, 0.2) is 6.29 Å². The Balaban J connectivity index is 1.63. The van der Waals surface area contributed by atoms with Crippen LogP contribution in [0.2, 0.25) is 0 Å². The first-order valence-corrected chi connectivity index (χ1v) is 11.4. The van der Waals surface area contributed by atoms with E-state index in [4.69, 9.17) is 20.9 Å². The van der Waals surface area contributed by atoms with Crippen LogP contribution in [0.3, 0.4) is 0 Å². The van der Waals surface area contributed by atoms with Gasteiger partial charge < -0.3 is 31.6 Å². The van der Waals surface area contributed by atoms with Gasteiger partial charge >= 0.3 is 0 Å². The Morgan fingerprint density at radius 1 is 0.862 bits per heavy atom. The van der Waals surface area contributed by atoms with E-state index in [-0.39, 0.29) is 42.1 Å². The highest BCUT2D eigenvalue weighted by Crippen LogP contribution is 2.57. The number of ether oxygens (including phenoxy) is 2. The standard InChI is InChI=1S/C21H38N4O4/c1-2-3-4-5-6-7-15-28-18-13-12-14(19(18)29-15)17(21(27)25-11-9-23)16(13)20(26)24-10-8-22/h13-19H,2-12,22-23H2,1H3,(H,24,26)(H,25,27). The highest BCUT2D eigenvalue weighted by atomic mass is 16.7. The molecule has 29 heavy (non-hydrogen) atoms. The summed E-state index contributed by atoms with van der Waals surface area (Å²) in [5.41, 5.74) is 11.1. The maximum absolute atomic E-state index is 12.9. The molecule has 8 nitrogen and oxygen atoms in total. The van der Waals surface area contributed by atoms with Crippen LogP contribution in [-0.4, -0.2) is 56.5 Å². The lowest BCUT2D eigenvalue weighted by Crippen LogP contribution is -2.52. The molecule has 3 aliphatic rings. The molecule has 166 valence electrons. The average molecular weight is 411 g/mol. The molecule has 3 rings (SSSR count). The first-order chi connectivity index (χ1) is 14.1. The first-order valence-electron chi connectivity index (χ1n) is 11.4. The SMILES string of the molecule is CCCCCCCC1OC2C3CC(C2O1)C(C(=O)NCCN)C3C(=O)NCCN. The minimum absolute atomic E-state index is 0.0153. The fourth-order valence-corrected chi connectivity index (χ4v) is 5.44. The van der Waals surface area contributed by atoms with Crippen LogP contribution in [0.4, 0.5) is 0 Å². The number of nitrogens with two attached hydrogens (primary N) is 2. The van der Waals surface area contributed by atoms with Gasteiger partial charge in [-0.2, -0.15) is 0 Å². The van der Waals surface area contributed by atoms with E-state index < -0.39 is 11.8 Å². The monoisotopic (exact) mass is 410 g/mol. The lowest BCUT2D eigenvalue weighted by Gasteiger charge is -2.34. The Hall–Kier alpha value is -1.22. The summed E-state index contributed by atoms with van der Waals surface area (Å²) in [5, 5.41) is 5.76. The summed E-state index contributed by atoms with van der Waals surface area (Å²) >= 11 is 0. The minimum Gasteiger partial charge on any atom is -0.355 e. The zero-order valence-corrected chi connectivity index (χ0v) is 17.6. The molecule has 2 aliphatic carbocycles. The Morgan fingerprint density at radius 2 is 1.38 bits per heavy atom. The van der Waals surface area contributed by atoms with Crippen LogP contribution in [0, 0.1) is 23.7 Å². The van der Waals surface area contributed by atoms with E-state index in [1.165, 1.54) is 25.7 Å². The summed E-state index contributed by atoms with van der Waals surface area (Å²) in [6.45, 7) is 3.79. The van der Waals surface area contributed by atoms with Crippen molar-refractivity contribution in [3.05, 3.63) is 0 Å². The normalized spacial score (nSPS) is 34.9. The number of hydrogen-bond acceptors (Lipinski definition) is 6. The van der Waals surface area contributed by atoms with E-state index in [9.17, 15) is 9.59 Å². The minimum atomic E-state index is -0.391. The van der Waals surface area contributed by atoms with E-state index in [0.717, 1.165) is 19.3 Å². The lowest BCUT2D eigenvalue weighted by atomic mass is 9.75. The Morgan fingerprint density at radius 3 is 1.86 bits per heavy atom. The second-order valence-corrected chi connectivity index (χ2v) is 8.61. The van der Waals surface area contributed by atoms with Crippen LogP contribution in [0.25, 0.3) is 0 Å². The average Bonchev–Trinajstić information content (AvgIpc) is 3.39. The van der Waals surface area contributed by atoms with Gasteiger partial charge in [0.1, 0.15) is 0 Å². The number of rotatable bonds is 12. The smallest absolute Gasteiger partial charge is 0.224 e. The van der Waals surface area contributed by atoms with Crippen molar-refractivity contribution in [1.29, 1.82) is 0 Å². The molecule has 2 bridgehead atoms. The molecule has 1 heterocycles. The Bertz CT molecular complexity index is 521. The van der Waals surface area contributed by atoms with Crippen molar-refractivity contribution in [3.63, 3.8) is 0 Å². The third-order valence-corrected chi connectivity index (χ3v) is 6.68. The number of carbonyl (C=O) groups excluding carboxylic acids is 2. The van der Waals surface area contributed by atoms with Crippen LogP contribution < -0.4 is 22.1 Å². The molecule has 0 aromatic heterocycles. The number of nitrogens with one attached hydrogen (secondary N) is 2. The van der Waals surface area contributed by atoms with Crippen LogP contribution in [0.15, 0.2) is 0 Å². The molecule has 2 saturated carbocycles. The van der Waals surface area contributed by atoms with E-state index in [0.29, 0.717) is 26.2 Å². The molecule has 0 aromatic rings. The number of amides is 2. The van der Waals surface area contributed by atoms with Gasteiger partial charge in [-0.15, -0.1) is 0 Å². The van der Waals surface area contributed by atoms with Crippen LogP contribution in [0.1, 0.15) is 51.9 Å². The molecule has 1 saturated heterocycles. The van der Waals surface area contributed by atoms with Crippen molar-refractivity contribution < 1.29 is 19.1 Å². The third-order valence-electron chi connectivity index (χ3n) is 6.68. The van der Waals surface area contributed by atoms with Crippen molar-refractivity contribution in [3.8, 4) is 0 Å². The highest BCUT2D eigenvalue weighted by Gasteiger charge is 2.66. The van der Waals surface area contributed by atoms with Gasteiger partial charge in [-0.05, 0) is 19.3 Å². The zero-order valence-electron chi connectivity index (χ0n) is 17.6. The Labute approximate surface area is 173 Å². The fraction of sp³-hybridized carbons (Fsp3) is 0.905. The van der Waals surface area contributed by atoms with Crippen molar-refractivity contribution in [2.24, 2.45) is 35.1 Å². The zero-order chi connectivity index (χ0) is 20.8. The van der Waals surface area contributed by atoms with E-state index >= 15 is 0 Å². The lowest BCUT2D eigenvalue weighted by molar-refractivity contribution is -0.140. The van der Waals surface area contributed by atoms with Crippen molar-refractivity contribution in [1.82, 2.24) is 10.6 Å². The highest BCUT2D eigenvalue weighted by molar-refractivity contribution is 5.89. The summed E-state index contributed by atoms with van der Waals surface area (Å²) in [4.78, 5) is 25.7. The summed E-state index contributed by atoms with van der Waals surface area (Å²) in [7, 11) is 0. The van der Waals surface area contributed by atoms with Crippen LogP contribution in [-0.2, 0) is 19.1 Å². The molecular formula is C21H38N4O4. The van der Waals surface area contributed by atoms with Crippen molar-refractivity contribution >= 4 is 11.8 Å². The summed E-state index contributed by atoms with van der Waals surface area (Å²) < 4.78 is 12.5. The first kappa shape index (κ1) is 22.5. The largest absolute Gasteiger partial charge is 0.355 e. The molecule has 0 spiro atoms. The number of carbonyl (C=O) groups is 2. The molecular weight excluding hydrogens is 372 g/mol. The van der Waals surface area contributed by atoms with Crippen LogP contribution >= 0.6 is 0 Å². The van der Waals surface area contributed by atoms with Gasteiger partial charge in [0.05, 0.1) is 24.0 Å². The summed E-state index contributed by atoms with van der Waals surface area (Å²) in [6, 6.07) is 0. The molecule has 8 heteroatoms.